The van der Waals surface area contributed by atoms with Crippen LogP contribution in [-0.4, -0.2) is 31.2 Å². The Morgan fingerprint density at radius 3 is 3.00 bits per heavy atom. The minimum Gasteiger partial charge on any atom is -0.454 e. The van der Waals surface area contributed by atoms with Gasteiger partial charge in [0.25, 0.3) is 0 Å². The second kappa shape index (κ2) is 6.61. The number of ether oxygens (including phenoxy) is 3. The van der Waals surface area contributed by atoms with E-state index in [1.807, 2.05) is 6.07 Å². The van der Waals surface area contributed by atoms with Crippen molar-refractivity contribution in [2.45, 2.75) is 20.0 Å². The summed E-state index contributed by atoms with van der Waals surface area (Å²) in [5, 5.41) is 12.3. The van der Waals surface area contributed by atoms with E-state index < -0.39 is 12.1 Å². The van der Waals surface area contributed by atoms with Gasteiger partial charge in [0.15, 0.2) is 17.6 Å². The molecule has 0 N–H and O–H groups in total. The molecule has 1 aliphatic heterocycles. The number of fused-ring (bicyclic) bond motifs is 1. The first-order valence-electron chi connectivity index (χ1n) is 6.26. The van der Waals surface area contributed by atoms with Crippen LogP contribution in [0.25, 0.3) is 0 Å². The fourth-order valence-electron chi connectivity index (χ4n) is 1.61. The van der Waals surface area contributed by atoms with Gasteiger partial charge in [0.2, 0.25) is 13.4 Å². The number of carbonyl (C=O) groups excluding carboxylic acids is 1. The van der Waals surface area contributed by atoms with Crippen molar-refractivity contribution in [2.24, 2.45) is 5.16 Å². The fraction of sp³-hybridized carbons (Fsp3) is 0.357. The average Bonchev–Trinajstić information content (AvgIpc) is 2.94. The zero-order chi connectivity index (χ0) is 15.2. The molecule has 1 aromatic rings. The zero-order valence-electron chi connectivity index (χ0n) is 11.7. The second-order valence-electron chi connectivity index (χ2n) is 4.28. The van der Waals surface area contributed by atoms with Gasteiger partial charge in [-0.15, -0.1) is 0 Å². The number of hydrogen-bond donors (Lipinski definition) is 0. The Hall–Kier alpha value is -2.75. The number of oxime groups is 1. The molecule has 0 aliphatic carbocycles. The smallest absolute Gasteiger partial charge is 0.348 e. The van der Waals surface area contributed by atoms with Crippen LogP contribution >= 0.6 is 0 Å². The minimum atomic E-state index is -0.806. The summed E-state index contributed by atoms with van der Waals surface area (Å²) in [5.41, 5.74) is 1.37. The summed E-state index contributed by atoms with van der Waals surface area (Å²) in [7, 11) is 0. The lowest BCUT2D eigenvalue weighted by atomic mass is 10.1. The molecule has 1 aliphatic rings. The third kappa shape index (κ3) is 3.86. The van der Waals surface area contributed by atoms with Gasteiger partial charge in [0.1, 0.15) is 6.07 Å². The van der Waals surface area contributed by atoms with E-state index in [1.165, 1.54) is 6.92 Å². The summed E-state index contributed by atoms with van der Waals surface area (Å²) in [6, 6.07) is 7.15. The van der Waals surface area contributed by atoms with Crippen molar-refractivity contribution < 1.29 is 23.8 Å². The predicted molar refractivity (Wildman–Crippen MR) is 71.9 cm³/mol. The van der Waals surface area contributed by atoms with Crippen molar-refractivity contribution in [3.63, 3.8) is 0 Å². The van der Waals surface area contributed by atoms with Gasteiger partial charge in [-0.1, -0.05) is 5.16 Å². The van der Waals surface area contributed by atoms with E-state index in [2.05, 4.69) is 5.16 Å². The molecule has 1 unspecified atom stereocenters. The van der Waals surface area contributed by atoms with Gasteiger partial charge in [-0.05, 0) is 32.0 Å². The second-order valence-corrected chi connectivity index (χ2v) is 4.28. The van der Waals surface area contributed by atoms with E-state index in [9.17, 15) is 4.79 Å². The minimum absolute atomic E-state index is 0.203. The standard InChI is InChI=1S/C14H14N2O5/c1-9(6-15)21-14(17)7-20-16-10(2)11-3-4-12-13(5-11)19-8-18-12/h3-5,9H,7-8H2,1-2H3/b16-10+. The Labute approximate surface area is 121 Å². The van der Waals surface area contributed by atoms with Crippen molar-refractivity contribution in [1.29, 1.82) is 5.26 Å². The molecule has 110 valence electrons. The molecule has 0 radical (unpaired) electrons. The molecule has 7 nitrogen and oxygen atoms in total. The number of carbonyl (C=O) groups is 1. The van der Waals surface area contributed by atoms with Crippen LogP contribution in [-0.2, 0) is 14.4 Å². The van der Waals surface area contributed by atoms with Crippen LogP contribution in [0.15, 0.2) is 23.4 Å². The Bertz CT molecular complexity index is 606. The molecule has 0 fully saturated rings. The highest BCUT2D eigenvalue weighted by Gasteiger charge is 2.14. The van der Waals surface area contributed by atoms with Gasteiger partial charge < -0.3 is 19.0 Å². The summed E-state index contributed by atoms with van der Waals surface area (Å²) in [6.07, 6.45) is -0.806. The van der Waals surface area contributed by atoms with E-state index >= 15 is 0 Å². The van der Waals surface area contributed by atoms with E-state index in [1.54, 1.807) is 25.1 Å². The molecule has 0 spiro atoms. The van der Waals surface area contributed by atoms with Gasteiger partial charge in [0, 0.05) is 5.56 Å². The van der Waals surface area contributed by atoms with E-state index in [0.29, 0.717) is 17.2 Å². The molecular formula is C14H14N2O5. The zero-order valence-corrected chi connectivity index (χ0v) is 11.7. The topological polar surface area (TPSA) is 90.1 Å². The van der Waals surface area contributed by atoms with Crippen LogP contribution in [0, 0.1) is 11.3 Å². The maximum absolute atomic E-state index is 11.3. The molecule has 1 atom stereocenters. The quantitative estimate of drug-likeness (QED) is 0.465. The highest BCUT2D eigenvalue weighted by Crippen LogP contribution is 2.32. The number of esters is 1. The molecule has 0 saturated heterocycles. The van der Waals surface area contributed by atoms with E-state index in [-0.39, 0.29) is 13.4 Å². The maximum Gasteiger partial charge on any atom is 0.348 e. The summed E-state index contributed by atoms with van der Waals surface area (Å²) < 4.78 is 15.2. The van der Waals surface area contributed by atoms with Crippen molar-refractivity contribution in [3.8, 4) is 17.6 Å². The number of hydrogen-bond acceptors (Lipinski definition) is 7. The number of nitrogens with zero attached hydrogens (tertiary/aromatic N) is 2. The largest absolute Gasteiger partial charge is 0.454 e. The molecule has 0 aromatic heterocycles. The van der Waals surface area contributed by atoms with Crippen molar-refractivity contribution in [1.82, 2.24) is 0 Å². The summed E-state index contributed by atoms with van der Waals surface area (Å²) in [4.78, 5) is 16.2. The average molecular weight is 290 g/mol. The molecule has 0 amide bonds. The van der Waals surface area contributed by atoms with Crippen LogP contribution < -0.4 is 9.47 Å². The van der Waals surface area contributed by atoms with E-state index in [4.69, 9.17) is 24.3 Å². The lowest BCUT2D eigenvalue weighted by Gasteiger charge is -2.05. The van der Waals surface area contributed by atoms with Gasteiger partial charge in [-0.25, -0.2) is 4.79 Å². The van der Waals surface area contributed by atoms with Crippen LogP contribution in [0.3, 0.4) is 0 Å². The van der Waals surface area contributed by atoms with Crippen LogP contribution in [0.5, 0.6) is 11.5 Å². The molecule has 1 aromatic carbocycles. The lowest BCUT2D eigenvalue weighted by Crippen LogP contribution is -2.17. The third-order valence-corrected chi connectivity index (χ3v) is 2.66. The maximum atomic E-state index is 11.3. The SMILES string of the molecule is C/C(=N\OCC(=O)OC(C)C#N)c1ccc2c(c1)OCO2. The monoisotopic (exact) mass is 290 g/mol. The van der Waals surface area contributed by atoms with E-state index in [0.717, 1.165) is 5.56 Å². The molecule has 0 bridgehead atoms. The predicted octanol–water partition coefficient (Wildman–Crippen LogP) is 1.61. The van der Waals surface area contributed by atoms with Gasteiger partial charge >= 0.3 is 5.97 Å². The molecule has 2 rings (SSSR count). The molecule has 0 saturated carbocycles. The third-order valence-electron chi connectivity index (χ3n) is 2.66. The first-order chi connectivity index (χ1) is 10.1. The Kier molecular flexibility index (Phi) is 4.61. The molecule has 1 heterocycles. The van der Waals surface area contributed by atoms with Crippen molar-refractivity contribution in [2.75, 3.05) is 13.4 Å². The molecular weight excluding hydrogens is 276 g/mol. The number of nitriles is 1. The Balaban J connectivity index is 1.90. The first kappa shape index (κ1) is 14.7. The Morgan fingerprint density at radius 2 is 2.24 bits per heavy atom. The summed E-state index contributed by atoms with van der Waals surface area (Å²) >= 11 is 0. The van der Waals surface area contributed by atoms with Gasteiger partial charge in [0.05, 0.1) is 5.71 Å². The highest BCUT2D eigenvalue weighted by atomic mass is 16.7. The van der Waals surface area contributed by atoms with Crippen molar-refractivity contribution in [3.05, 3.63) is 23.8 Å². The van der Waals surface area contributed by atoms with Crippen LogP contribution in [0.1, 0.15) is 19.4 Å². The molecule has 7 heteroatoms. The number of benzene rings is 1. The van der Waals surface area contributed by atoms with Crippen molar-refractivity contribution >= 4 is 11.7 Å². The number of rotatable bonds is 5. The normalized spacial score (nSPS) is 14.2. The van der Waals surface area contributed by atoms with Crippen LogP contribution in [0.4, 0.5) is 0 Å². The van der Waals surface area contributed by atoms with Crippen LogP contribution in [0.2, 0.25) is 0 Å². The van der Waals surface area contributed by atoms with Gasteiger partial charge in [-0.2, -0.15) is 5.26 Å². The first-order valence-corrected chi connectivity index (χ1v) is 6.26. The molecule has 21 heavy (non-hydrogen) atoms. The van der Waals surface area contributed by atoms with Gasteiger partial charge in [-0.3, -0.25) is 0 Å². The Morgan fingerprint density at radius 1 is 1.48 bits per heavy atom. The highest BCUT2D eigenvalue weighted by molar-refractivity contribution is 5.99. The fourth-order valence-corrected chi connectivity index (χ4v) is 1.61. The lowest BCUT2D eigenvalue weighted by molar-refractivity contribution is -0.151. The summed E-state index contributed by atoms with van der Waals surface area (Å²) in [5.74, 6) is 0.678. The summed E-state index contributed by atoms with van der Waals surface area (Å²) in [6.45, 7) is 3.06.